The first-order chi connectivity index (χ1) is 9.21. The number of hydrogen-bond acceptors (Lipinski definition) is 4. The van der Waals surface area contributed by atoms with Gasteiger partial charge in [-0.15, -0.1) is 11.3 Å². The molecule has 0 bridgehead atoms. The quantitative estimate of drug-likeness (QED) is 0.902. The van der Waals surface area contributed by atoms with E-state index in [0.29, 0.717) is 12.1 Å². The lowest BCUT2D eigenvalue weighted by atomic mass is 9.94. The molecule has 0 aromatic carbocycles. The Morgan fingerprint density at radius 3 is 2.55 bits per heavy atom. The van der Waals surface area contributed by atoms with E-state index in [1.54, 1.807) is 0 Å². The standard InChI is InChI=1S/C16H28N2OS/c1-15(2)10-14(16(3,4)19-15)17-11-12(18(5)6)13-8-7-9-20-13/h7-9,12,14,17H,10-11H2,1-6H3. The molecular formula is C16H28N2OS. The van der Waals surface area contributed by atoms with Gasteiger partial charge in [0.25, 0.3) is 0 Å². The average Bonchev–Trinajstić information content (AvgIpc) is 2.85. The summed E-state index contributed by atoms with van der Waals surface area (Å²) in [5.74, 6) is 0. The van der Waals surface area contributed by atoms with Gasteiger partial charge in [0.05, 0.1) is 17.2 Å². The van der Waals surface area contributed by atoms with E-state index in [1.807, 2.05) is 11.3 Å². The Hall–Kier alpha value is -0.420. The molecule has 1 N–H and O–H groups in total. The number of hydrogen-bond donors (Lipinski definition) is 1. The first kappa shape index (κ1) is 16.0. The van der Waals surface area contributed by atoms with Gasteiger partial charge in [0.15, 0.2) is 0 Å². The van der Waals surface area contributed by atoms with E-state index < -0.39 is 0 Å². The van der Waals surface area contributed by atoms with Crippen molar-refractivity contribution in [2.75, 3.05) is 20.6 Å². The molecule has 0 radical (unpaired) electrons. The van der Waals surface area contributed by atoms with E-state index >= 15 is 0 Å². The van der Waals surface area contributed by atoms with Crippen LogP contribution in [0.25, 0.3) is 0 Å². The largest absolute Gasteiger partial charge is 0.368 e. The van der Waals surface area contributed by atoms with Crippen LogP contribution in [0.15, 0.2) is 17.5 Å². The highest BCUT2D eigenvalue weighted by atomic mass is 32.1. The van der Waals surface area contributed by atoms with E-state index in [4.69, 9.17) is 4.74 Å². The first-order valence-electron chi connectivity index (χ1n) is 7.35. The SMILES string of the molecule is CN(C)C(CNC1CC(C)(C)OC1(C)C)c1cccs1. The lowest BCUT2D eigenvalue weighted by Gasteiger charge is -2.30. The van der Waals surface area contributed by atoms with Crippen LogP contribution in [0.1, 0.15) is 45.0 Å². The zero-order chi connectivity index (χ0) is 15.0. The molecule has 114 valence electrons. The Kier molecular flexibility index (Phi) is 4.59. The summed E-state index contributed by atoms with van der Waals surface area (Å²) in [6, 6.07) is 5.17. The zero-order valence-corrected chi connectivity index (χ0v) is 14.4. The van der Waals surface area contributed by atoms with Crippen molar-refractivity contribution in [3.63, 3.8) is 0 Å². The molecule has 3 nitrogen and oxygen atoms in total. The van der Waals surface area contributed by atoms with Crippen LogP contribution in [0.2, 0.25) is 0 Å². The second-order valence-corrected chi connectivity index (χ2v) is 8.10. The van der Waals surface area contributed by atoms with Crippen LogP contribution in [0.3, 0.4) is 0 Å². The third-order valence-electron chi connectivity index (χ3n) is 4.13. The number of likely N-dealkylation sites (N-methyl/N-ethyl adjacent to an activating group) is 1. The molecule has 1 fully saturated rings. The van der Waals surface area contributed by atoms with Crippen molar-refractivity contribution in [1.82, 2.24) is 10.2 Å². The molecule has 2 heterocycles. The fraction of sp³-hybridized carbons (Fsp3) is 0.750. The molecule has 1 aliphatic rings. The van der Waals surface area contributed by atoms with E-state index in [9.17, 15) is 0 Å². The van der Waals surface area contributed by atoms with E-state index in [0.717, 1.165) is 13.0 Å². The molecule has 20 heavy (non-hydrogen) atoms. The first-order valence-corrected chi connectivity index (χ1v) is 8.23. The van der Waals surface area contributed by atoms with Gasteiger partial charge in [-0.25, -0.2) is 0 Å². The van der Waals surface area contributed by atoms with Gasteiger partial charge in [0, 0.05) is 17.5 Å². The second-order valence-electron chi connectivity index (χ2n) is 7.12. The molecule has 1 aliphatic heterocycles. The highest BCUT2D eigenvalue weighted by Gasteiger charge is 2.45. The normalized spacial score (nSPS) is 26.1. The molecular weight excluding hydrogens is 268 g/mol. The molecule has 1 saturated heterocycles. The third-order valence-corrected chi connectivity index (χ3v) is 5.10. The van der Waals surface area contributed by atoms with Crippen molar-refractivity contribution >= 4 is 11.3 Å². The molecule has 4 heteroatoms. The maximum Gasteiger partial charge on any atom is 0.0787 e. The second kappa shape index (κ2) is 5.76. The lowest BCUT2D eigenvalue weighted by Crippen LogP contribution is -2.46. The summed E-state index contributed by atoms with van der Waals surface area (Å²) in [6.07, 6.45) is 1.06. The Balaban J connectivity index is 2.00. The van der Waals surface area contributed by atoms with Crippen molar-refractivity contribution in [3.8, 4) is 0 Å². The molecule has 0 saturated carbocycles. The minimum absolute atomic E-state index is 0.0300. The van der Waals surface area contributed by atoms with Crippen molar-refractivity contribution in [2.45, 2.75) is 57.4 Å². The summed E-state index contributed by atoms with van der Waals surface area (Å²) in [7, 11) is 4.29. The lowest BCUT2D eigenvalue weighted by molar-refractivity contribution is -0.0700. The summed E-state index contributed by atoms with van der Waals surface area (Å²) in [6.45, 7) is 9.70. The van der Waals surface area contributed by atoms with Crippen molar-refractivity contribution in [3.05, 3.63) is 22.4 Å². The van der Waals surface area contributed by atoms with Gasteiger partial charge in [-0.1, -0.05) is 6.07 Å². The molecule has 2 rings (SSSR count). The van der Waals surface area contributed by atoms with Gasteiger partial charge in [0.1, 0.15) is 0 Å². The van der Waals surface area contributed by atoms with Gasteiger partial charge in [0.2, 0.25) is 0 Å². The molecule has 0 aliphatic carbocycles. The number of thiophene rings is 1. The average molecular weight is 296 g/mol. The fourth-order valence-corrected chi connectivity index (χ4v) is 4.08. The van der Waals surface area contributed by atoms with Crippen LogP contribution in [-0.4, -0.2) is 42.8 Å². The molecule has 1 aromatic rings. The summed E-state index contributed by atoms with van der Waals surface area (Å²) in [4.78, 5) is 3.70. The highest BCUT2D eigenvalue weighted by Crippen LogP contribution is 2.37. The molecule has 1 aromatic heterocycles. The Morgan fingerprint density at radius 2 is 2.10 bits per heavy atom. The minimum atomic E-state index is -0.101. The van der Waals surface area contributed by atoms with Gasteiger partial charge in [-0.3, -0.25) is 0 Å². The Morgan fingerprint density at radius 1 is 1.40 bits per heavy atom. The van der Waals surface area contributed by atoms with Crippen LogP contribution in [0, 0.1) is 0 Å². The summed E-state index contributed by atoms with van der Waals surface area (Å²) in [5.41, 5.74) is -0.131. The predicted octanol–water partition coefficient (Wildman–Crippen LogP) is 3.29. The van der Waals surface area contributed by atoms with Gasteiger partial charge in [-0.05, 0) is 59.7 Å². The molecule has 0 amide bonds. The number of nitrogens with zero attached hydrogens (tertiary/aromatic N) is 1. The number of ether oxygens (including phenoxy) is 1. The molecule has 2 atom stereocenters. The third kappa shape index (κ3) is 3.61. The van der Waals surface area contributed by atoms with E-state index in [1.165, 1.54) is 4.88 Å². The van der Waals surface area contributed by atoms with Crippen molar-refractivity contribution in [1.29, 1.82) is 0 Å². The van der Waals surface area contributed by atoms with Crippen molar-refractivity contribution < 1.29 is 4.74 Å². The maximum atomic E-state index is 6.16. The fourth-order valence-electron chi connectivity index (χ4n) is 3.15. The van der Waals surface area contributed by atoms with Crippen LogP contribution in [-0.2, 0) is 4.74 Å². The summed E-state index contributed by atoms with van der Waals surface area (Å²) >= 11 is 1.83. The number of rotatable bonds is 5. The Labute approximate surface area is 127 Å². The van der Waals surface area contributed by atoms with Crippen molar-refractivity contribution in [2.24, 2.45) is 0 Å². The summed E-state index contributed by atoms with van der Waals surface area (Å²) < 4.78 is 6.16. The molecule has 2 unspecified atom stereocenters. The highest BCUT2D eigenvalue weighted by molar-refractivity contribution is 7.10. The van der Waals surface area contributed by atoms with E-state index in [-0.39, 0.29) is 11.2 Å². The maximum absolute atomic E-state index is 6.16. The Bertz CT molecular complexity index is 426. The van der Waals surface area contributed by atoms with Crippen LogP contribution < -0.4 is 5.32 Å². The predicted molar refractivity (Wildman–Crippen MR) is 86.4 cm³/mol. The summed E-state index contributed by atoms with van der Waals surface area (Å²) in [5, 5.41) is 5.89. The van der Waals surface area contributed by atoms with Gasteiger partial charge >= 0.3 is 0 Å². The topological polar surface area (TPSA) is 24.5 Å². The zero-order valence-electron chi connectivity index (χ0n) is 13.6. The van der Waals surface area contributed by atoms with E-state index in [2.05, 4.69) is 69.5 Å². The minimum Gasteiger partial charge on any atom is -0.368 e. The number of nitrogens with one attached hydrogen (secondary N) is 1. The van der Waals surface area contributed by atoms with Crippen LogP contribution in [0.5, 0.6) is 0 Å². The van der Waals surface area contributed by atoms with Gasteiger partial charge < -0.3 is 15.0 Å². The van der Waals surface area contributed by atoms with Gasteiger partial charge in [-0.2, -0.15) is 0 Å². The van der Waals surface area contributed by atoms with Crippen LogP contribution in [0.4, 0.5) is 0 Å². The monoisotopic (exact) mass is 296 g/mol. The van der Waals surface area contributed by atoms with Crippen LogP contribution >= 0.6 is 11.3 Å². The molecule has 0 spiro atoms. The smallest absolute Gasteiger partial charge is 0.0787 e.